The molecule has 0 aromatic heterocycles. The summed E-state index contributed by atoms with van der Waals surface area (Å²) in [5.41, 5.74) is 5.71. The number of aryl methyl sites for hydroxylation is 1. The zero-order valence-corrected chi connectivity index (χ0v) is 20.0. The van der Waals surface area contributed by atoms with E-state index >= 15 is 0 Å². The van der Waals surface area contributed by atoms with Crippen molar-refractivity contribution in [3.8, 4) is 0 Å². The van der Waals surface area contributed by atoms with Gasteiger partial charge in [-0.2, -0.15) is 0 Å². The Balaban J connectivity index is 1.92. The fourth-order valence-corrected chi connectivity index (χ4v) is 4.50. The van der Waals surface area contributed by atoms with E-state index in [0.29, 0.717) is 5.88 Å². The van der Waals surface area contributed by atoms with Gasteiger partial charge in [0.1, 0.15) is 0 Å². The van der Waals surface area contributed by atoms with Crippen molar-refractivity contribution >= 4 is 11.6 Å². The molecule has 0 bridgehead atoms. The van der Waals surface area contributed by atoms with Gasteiger partial charge in [0.2, 0.25) is 0 Å². The van der Waals surface area contributed by atoms with Crippen LogP contribution in [0, 0.1) is 13.8 Å². The Morgan fingerprint density at radius 3 is 1.46 bits per heavy atom. The Bertz CT molecular complexity index is 491. The van der Waals surface area contributed by atoms with Crippen LogP contribution in [-0.4, -0.2) is 0 Å². The van der Waals surface area contributed by atoms with Crippen molar-refractivity contribution in [1.29, 1.82) is 0 Å². The fraction of sp³-hybridized carbons (Fsp3) is 0.778. The quantitative estimate of drug-likeness (QED) is 0.168. The topological polar surface area (TPSA) is 0 Å². The molecular weight excluding hydrogens is 360 g/mol. The van der Waals surface area contributed by atoms with E-state index in [9.17, 15) is 0 Å². The number of unbranched alkanes of at least 4 members (excludes halogenated alkanes) is 15. The zero-order chi connectivity index (χ0) is 20.5. The van der Waals surface area contributed by atoms with E-state index in [1.807, 2.05) is 0 Å². The first-order valence-electron chi connectivity index (χ1n) is 12.3. The summed E-state index contributed by atoms with van der Waals surface area (Å²) in [6.45, 7) is 6.77. The minimum atomic E-state index is 0.648. The molecule has 0 saturated carbocycles. The third-order valence-corrected chi connectivity index (χ3v) is 6.68. The van der Waals surface area contributed by atoms with E-state index in [4.69, 9.17) is 11.6 Å². The van der Waals surface area contributed by atoms with Gasteiger partial charge in [0.25, 0.3) is 0 Å². The van der Waals surface area contributed by atoms with Crippen LogP contribution in [0.15, 0.2) is 12.1 Å². The average molecular weight is 407 g/mol. The Labute approximate surface area is 181 Å². The van der Waals surface area contributed by atoms with Crippen LogP contribution in [-0.2, 0) is 12.3 Å². The number of rotatable bonds is 18. The molecule has 1 rings (SSSR count). The maximum atomic E-state index is 6.13. The van der Waals surface area contributed by atoms with Crippen molar-refractivity contribution in [2.75, 3.05) is 0 Å². The standard InChI is InChI=1S/C27H47Cl/c1-4-5-6-7-8-9-10-11-12-13-14-15-16-17-18-19-20-27-25(3)24(2)21-22-26(27)23-28/h21-22H,4-20,23H2,1-3H3. The highest BCUT2D eigenvalue weighted by molar-refractivity contribution is 6.17. The summed E-state index contributed by atoms with van der Waals surface area (Å²) < 4.78 is 0. The first-order chi connectivity index (χ1) is 13.7. The molecule has 0 nitrogen and oxygen atoms in total. The van der Waals surface area contributed by atoms with E-state index in [2.05, 4.69) is 32.9 Å². The van der Waals surface area contributed by atoms with E-state index in [0.717, 1.165) is 0 Å². The average Bonchev–Trinajstić information content (AvgIpc) is 2.70. The summed E-state index contributed by atoms with van der Waals surface area (Å²) in [4.78, 5) is 0. The summed E-state index contributed by atoms with van der Waals surface area (Å²) in [6, 6.07) is 4.43. The monoisotopic (exact) mass is 406 g/mol. The number of alkyl halides is 1. The Kier molecular flexibility index (Phi) is 15.9. The van der Waals surface area contributed by atoms with Crippen LogP contribution in [0.4, 0.5) is 0 Å². The van der Waals surface area contributed by atoms with E-state index < -0.39 is 0 Å². The molecule has 1 heteroatoms. The van der Waals surface area contributed by atoms with Gasteiger partial charge in [-0.05, 0) is 48.9 Å². The smallest absolute Gasteiger partial charge is 0.0476 e. The predicted octanol–water partition coefficient (Wildman–Crippen LogP) is 9.85. The first kappa shape index (κ1) is 25.5. The van der Waals surface area contributed by atoms with Crippen molar-refractivity contribution in [3.63, 3.8) is 0 Å². The molecule has 0 aliphatic rings. The third-order valence-electron chi connectivity index (χ3n) is 6.39. The van der Waals surface area contributed by atoms with Gasteiger partial charge in [-0.1, -0.05) is 115 Å². The van der Waals surface area contributed by atoms with Gasteiger partial charge in [0, 0.05) is 5.88 Å². The van der Waals surface area contributed by atoms with Crippen LogP contribution in [0.1, 0.15) is 132 Å². The molecule has 0 radical (unpaired) electrons. The van der Waals surface area contributed by atoms with Gasteiger partial charge in [-0.25, -0.2) is 0 Å². The van der Waals surface area contributed by atoms with E-state index in [1.165, 1.54) is 131 Å². The second kappa shape index (κ2) is 17.4. The lowest BCUT2D eigenvalue weighted by molar-refractivity contribution is 0.529. The molecular formula is C27H47Cl. The highest BCUT2D eigenvalue weighted by Crippen LogP contribution is 2.22. The SMILES string of the molecule is CCCCCCCCCCCCCCCCCCc1c(CCl)ccc(C)c1C. The number of benzene rings is 1. The molecule has 162 valence electrons. The summed E-state index contributed by atoms with van der Waals surface area (Å²) in [6.07, 6.45) is 24.1. The summed E-state index contributed by atoms with van der Waals surface area (Å²) in [5.74, 6) is 0.648. The second-order valence-electron chi connectivity index (χ2n) is 8.83. The van der Waals surface area contributed by atoms with Crippen molar-refractivity contribution in [1.82, 2.24) is 0 Å². The first-order valence-corrected chi connectivity index (χ1v) is 12.9. The summed E-state index contributed by atoms with van der Waals surface area (Å²) in [7, 11) is 0. The van der Waals surface area contributed by atoms with Gasteiger partial charge in [0.05, 0.1) is 0 Å². The summed E-state index contributed by atoms with van der Waals surface area (Å²) in [5, 5.41) is 0. The van der Waals surface area contributed by atoms with Crippen LogP contribution in [0.5, 0.6) is 0 Å². The van der Waals surface area contributed by atoms with Gasteiger partial charge in [-0.15, -0.1) is 11.6 Å². The van der Waals surface area contributed by atoms with Crippen LogP contribution < -0.4 is 0 Å². The molecule has 1 aromatic carbocycles. The van der Waals surface area contributed by atoms with Gasteiger partial charge in [0.15, 0.2) is 0 Å². The van der Waals surface area contributed by atoms with Crippen LogP contribution in [0.3, 0.4) is 0 Å². The molecule has 1 aromatic rings. The highest BCUT2D eigenvalue weighted by atomic mass is 35.5. The third kappa shape index (κ3) is 11.5. The van der Waals surface area contributed by atoms with Crippen molar-refractivity contribution in [2.45, 2.75) is 136 Å². The lowest BCUT2D eigenvalue weighted by Crippen LogP contribution is -1.98. The van der Waals surface area contributed by atoms with Gasteiger partial charge < -0.3 is 0 Å². The van der Waals surface area contributed by atoms with E-state index in [-0.39, 0.29) is 0 Å². The number of halogens is 1. The van der Waals surface area contributed by atoms with Gasteiger partial charge in [-0.3, -0.25) is 0 Å². The molecule has 0 heterocycles. The Hall–Kier alpha value is -0.490. The molecule has 28 heavy (non-hydrogen) atoms. The van der Waals surface area contributed by atoms with E-state index in [1.54, 1.807) is 0 Å². The van der Waals surface area contributed by atoms with Gasteiger partial charge >= 0.3 is 0 Å². The number of hydrogen-bond acceptors (Lipinski definition) is 0. The normalized spacial score (nSPS) is 11.3. The minimum Gasteiger partial charge on any atom is -0.122 e. The lowest BCUT2D eigenvalue weighted by atomic mass is 9.94. The molecule has 0 saturated heterocycles. The maximum Gasteiger partial charge on any atom is 0.0476 e. The number of hydrogen-bond donors (Lipinski definition) is 0. The fourth-order valence-electron chi connectivity index (χ4n) is 4.25. The Morgan fingerprint density at radius 2 is 1.04 bits per heavy atom. The molecule has 0 atom stereocenters. The molecule has 0 aliphatic carbocycles. The lowest BCUT2D eigenvalue weighted by Gasteiger charge is -2.13. The molecule has 0 unspecified atom stereocenters. The molecule has 0 aliphatic heterocycles. The predicted molar refractivity (Wildman–Crippen MR) is 129 cm³/mol. The summed E-state index contributed by atoms with van der Waals surface area (Å²) >= 11 is 6.13. The van der Waals surface area contributed by atoms with Crippen LogP contribution in [0.25, 0.3) is 0 Å². The molecule has 0 spiro atoms. The molecule has 0 fully saturated rings. The molecule has 0 amide bonds. The van der Waals surface area contributed by atoms with Crippen LogP contribution >= 0.6 is 11.6 Å². The maximum absolute atomic E-state index is 6.13. The molecule has 0 N–H and O–H groups in total. The highest BCUT2D eigenvalue weighted by Gasteiger charge is 2.07. The van der Waals surface area contributed by atoms with Crippen molar-refractivity contribution in [3.05, 3.63) is 34.4 Å². The zero-order valence-electron chi connectivity index (χ0n) is 19.3. The largest absolute Gasteiger partial charge is 0.122 e. The van der Waals surface area contributed by atoms with Crippen molar-refractivity contribution < 1.29 is 0 Å². The minimum absolute atomic E-state index is 0.648. The Morgan fingerprint density at radius 1 is 0.607 bits per heavy atom. The second-order valence-corrected chi connectivity index (χ2v) is 9.10. The van der Waals surface area contributed by atoms with Crippen molar-refractivity contribution in [2.24, 2.45) is 0 Å². The van der Waals surface area contributed by atoms with Crippen LogP contribution in [0.2, 0.25) is 0 Å².